The summed E-state index contributed by atoms with van der Waals surface area (Å²) < 4.78 is 7.06. The largest absolute Gasteiger partial charge is 0.507 e. The molecule has 0 spiro atoms. The summed E-state index contributed by atoms with van der Waals surface area (Å²) in [4.78, 5) is 14.7. The van der Waals surface area contributed by atoms with E-state index in [1.54, 1.807) is 49.3 Å². The predicted octanol–water partition coefficient (Wildman–Crippen LogP) is 5.19. The van der Waals surface area contributed by atoms with Gasteiger partial charge in [0.15, 0.2) is 0 Å². The standard InChI is InChI=1S/C26H24ClN3O4/c1-16-6-4-5-7-21(16)30-22(10-11-28-30)19-13-20(24(32)14-23(19)31)26(33)29(2)15-17-12-18(27)8-9-25(17)34-3/h4-14,31-32H,15H2,1-3H3. The number of carbonyl (C=O) groups is 1. The summed E-state index contributed by atoms with van der Waals surface area (Å²) in [6.07, 6.45) is 1.62. The molecule has 1 amide bonds. The van der Waals surface area contributed by atoms with E-state index in [2.05, 4.69) is 5.10 Å². The molecule has 3 aromatic carbocycles. The fourth-order valence-electron chi connectivity index (χ4n) is 3.86. The normalized spacial score (nSPS) is 10.8. The zero-order valence-corrected chi connectivity index (χ0v) is 19.7. The van der Waals surface area contributed by atoms with Crippen molar-refractivity contribution in [3.8, 4) is 34.2 Å². The molecule has 0 saturated carbocycles. The Bertz CT molecular complexity index is 1370. The number of halogens is 1. The number of nitrogens with zero attached hydrogens (tertiary/aromatic N) is 3. The number of hydrogen-bond acceptors (Lipinski definition) is 5. The molecule has 0 radical (unpaired) electrons. The van der Waals surface area contributed by atoms with Gasteiger partial charge >= 0.3 is 0 Å². The molecule has 1 heterocycles. The molecule has 8 heteroatoms. The van der Waals surface area contributed by atoms with Crippen LogP contribution >= 0.6 is 11.6 Å². The van der Waals surface area contributed by atoms with Gasteiger partial charge in [-0.15, -0.1) is 0 Å². The number of para-hydroxylation sites is 1. The number of phenols is 2. The zero-order valence-electron chi connectivity index (χ0n) is 19.0. The summed E-state index contributed by atoms with van der Waals surface area (Å²) >= 11 is 6.12. The number of carbonyl (C=O) groups excluding carboxylic acids is 1. The Morgan fingerprint density at radius 2 is 1.85 bits per heavy atom. The fourth-order valence-corrected chi connectivity index (χ4v) is 4.05. The van der Waals surface area contributed by atoms with Crippen molar-refractivity contribution in [3.05, 3.63) is 88.6 Å². The van der Waals surface area contributed by atoms with E-state index < -0.39 is 5.91 Å². The lowest BCUT2D eigenvalue weighted by Crippen LogP contribution is -2.26. The molecule has 1 aromatic heterocycles. The second-order valence-electron chi connectivity index (χ2n) is 7.92. The van der Waals surface area contributed by atoms with Crippen molar-refractivity contribution in [3.63, 3.8) is 0 Å². The van der Waals surface area contributed by atoms with Gasteiger partial charge in [0.05, 0.1) is 30.3 Å². The first-order chi connectivity index (χ1) is 16.3. The van der Waals surface area contributed by atoms with E-state index in [9.17, 15) is 15.0 Å². The van der Waals surface area contributed by atoms with Crippen LogP contribution in [0.15, 0.2) is 66.9 Å². The summed E-state index contributed by atoms with van der Waals surface area (Å²) in [6, 6.07) is 17.3. The molecule has 34 heavy (non-hydrogen) atoms. The Morgan fingerprint density at radius 1 is 1.09 bits per heavy atom. The molecular formula is C26H24ClN3O4. The Hall–Kier alpha value is -3.97. The van der Waals surface area contributed by atoms with Crippen molar-refractivity contribution in [1.82, 2.24) is 14.7 Å². The van der Waals surface area contributed by atoms with E-state index in [-0.39, 0.29) is 23.6 Å². The number of aromatic hydroxyl groups is 2. The molecule has 2 N–H and O–H groups in total. The van der Waals surface area contributed by atoms with E-state index in [4.69, 9.17) is 16.3 Å². The van der Waals surface area contributed by atoms with E-state index in [1.807, 2.05) is 31.2 Å². The molecule has 0 bridgehead atoms. The topological polar surface area (TPSA) is 87.8 Å². The predicted molar refractivity (Wildman–Crippen MR) is 131 cm³/mol. The first-order valence-corrected chi connectivity index (χ1v) is 10.9. The maximum absolute atomic E-state index is 13.3. The summed E-state index contributed by atoms with van der Waals surface area (Å²) in [5.41, 5.74) is 3.57. The smallest absolute Gasteiger partial charge is 0.257 e. The molecule has 0 fully saturated rings. The molecule has 0 aliphatic heterocycles. The molecule has 0 unspecified atom stereocenters. The van der Waals surface area contributed by atoms with Crippen molar-refractivity contribution in [2.75, 3.05) is 14.2 Å². The Labute approximate surface area is 202 Å². The van der Waals surface area contributed by atoms with Crippen LogP contribution in [0.25, 0.3) is 16.9 Å². The van der Waals surface area contributed by atoms with Crippen molar-refractivity contribution in [2.45, 2.75) is 13.5 Å². The fraction of sp³-hybridized carbons (Fsp3) is 0.154. The Morgan fingerprint density at radius 3 is 2.59 bits per heavy atom. The van der Waals surface area contributed by atoms with Crippen molar-refractivity contribution < 1.29 is 19.7 Å². The molecule has 4 aromatic rings. The summed E-state index contributed by atoms with van der Waals surface area (Å²) in [7, 11) is 3.16. The minimum atomic E-state index is -0.428. The summed E-state index contributed by atoms with van der Waals surface area (Å²) in [5.74, 6) is -0.314. The van der Waals surface area contributed by atoms with Crippen LogP contribution in [0.2, 0.25) is 5.02 Å². The molecule has 0 saturated heterocycles. The quantitative estimate of drug-likeness (QED) is 0.399. The highest BCUT2D eigenvalue weighted by atomic mass is 35.5. The van der Waals surface area contributed by atoms with Crippen LogP contribution in [0.5, 0.6) is 17.2 Å². The van der Waals surface area contributed by atoms with Crippen LogP contribution in [0.1, 0.15) is 21.5 Å². The molecule has 0 atom stereocenters. The van der Waals surface area contributed by atoms with Gasteiger partial charge in [-0.1, -0.05) is 29.8 Å². The number of rotatable bonds is 6. The maximum atomic E-state index is 13.3. The van der Waals surface area contributed by atoms with Crippen LogP contribution in [-0.4, -0.2) is 45.0 Å². The minimum absolute atomic E-state index is 0.0498. The third kappa shape index (κ3) is 4.43. The second kappa shape index (κ2) is 9.49. The molecule has 0 aliphatic carbocycles. The van der Waals surface area contributed by atoms with Crippen LogP contribution < -0.4 is 4.74 Å². The monoisotopic (exact) mass is 477 g/mol. The van der Waals surface area contributed by atoms with E-state index in [0.29, 0.717) is 22.0 Å². The number of ether oxygens (including phenoxy) is 1. The van der Waals surface area contributed by atoms with Crippen molar-refractivity contribution in [1.29, 1.82) is 0 Å². The molecular weight excluding hydrogens is 454 g/mol. The highest BCUT2D eigenvalue weighted by Crippen LogP contribution is 2.37. The Balaban J connectivity index is 1.71. The van der Waals surface area contributed by atoms with Crippen molar-refractivity contribution >= 4 is 17.5 Å². The molecule has 4 rings (SSSR count). The maximum Gasteiger partial charge on any atom is 0.257 e. The SMILES string of the molecule is COc1ccc(Cl)cc1CN(C)C(=O)c1cc(-c2ccnn2-c2ccccc2C)c(O)cc1O. The van der Waals surface area contributed by atoms with E-state index in [1.165, 1.54) is 17.0 Å². The third-order valence-corrected chi connectivity index (χ3v) is 5.84. The average Bonchev–Trinajstić information content (AvgIpc) is 3.28. The lowest BCUT2D eigenvalue weighted by Gasteiger charge is -2.20. The first-order valence-electron chi connectivity index (χ1n) is 10.5. The summed E-state index contributed by atoms with van der Waals surface area (Å²) in [6.45, 7) is 2.17. The van der Waals surface area contributed by atoms with Gasteiger partial charge in [-0.25, -0.2) is 4.68 Å². The van der Waals surface area contributed by atoms with Crippen LogP contribution in [-0.2, 0) is 6.54 Å². The summed E-state index contributed by atoms with van der Waals surface area (Å²) in [5, 5.41) is 26.0. The van der Waals surface area contributed by atoms with Gasteiger partial charge in [0, 0.05) is 35.8 Å². The van der Waals surface area contributed by atoms with Gasteiger partial charge in [0.25, 0.3) is 5.91 Å². The second-order valence-corrected chi connectivity index (χ2v) is 8.36. The minimum Gasteiger partial charge on any atom is -0.507 e. The number of aromatic nitrogens is 2. The average molecular weight is 478 g/mol. The number of hydrogen-bond donors (Lipinski definition) is 2. The Kier molecular flexibility index (Phi) is 6.47. The molecule has 7 nitrogen and oxygen atoms in total. The van der Waals surface area contributed by atoms with Gasteiger partial charge in [-0.2, -0.15) is 5.10 Å². The first kappa shape index (κ1) is 23.2. The number of methoxy groups -OCH3 is 1. The number of phenolic OH excluding ortho intramolecular Hbond substituents is 2. The zero-order chi connectivity index (χ0) is 24.4. The van der Waals surface area contributed by atoms with Gasteiger partial charge in [0.1, 0.15) is 17.2 Å². The van der Waals surface area contributed by atoms with Crippen LogP contribution in [0.3, 0.4) is 0 Å². The lowest BCUT2D eigenvalue weighted by atomic mass is 10.0. The van der Waals surface area contributed by atoms with E-state index >= 15 is 0 Å². The third-order valence-electron chi connectivity index (χ3n) is 5.60. The highest BCUT2D eigenvalue weighted by molar-refractivity contribution is 6.30. The van der Waals surface area contributed by atoms with Crippen LogP contribution in [0, 0.1) is 6.92 Å². The number of amides is 1. The van der Waals surface area contributed by atoms with Gasteiger partial charge in [-0.05, 0) is 48.9 Å². The number of aryl methyl sites for hydroxylation is 1. The lowest BCUT2D eigenvalue weighted by molar-refractivity contribution is 0.0781. The van der Waals surface area contributed by atoms with Gasteiger partial charge < -0.3 is 19.8 Å². The van der Waals surface area contributed by atoms with Gasteiger partial charge in [0.2, 0.25) is 0 Å². The molecule has 0 aliphatic rings. The number of benzene rings is 3. The highest BCUT2D eigenvalue weighted by Gasteiger charge is 2.22. The molecule has 174 valence electrons. The van der Waals surface area contributed by atoms with Crippen molar-refractivity contribution in [2.24, 2.45) is 0 Å². The van der Waals surface area contributed by atoms with Crippen LogP contribution in [0.4, 0.5) is 0 Å². The van der Waals surface area contributed by atoms with Gasteiger partial charge in [-0.3, -0.25) is 4.79 Å². The van der Waals surface area contributed by atoms with E-state index in [0.717, 1.165) is 16.8 Å².